The van der Waals surface area contributed by atoms with Crippen LogP contribution in [0.4, 0.5) is 0 Å². The van der Waals surface area contributed by atoms with Crippen LogP contribution in [0.1, 0.15) is 5.56 Å². The van der Waals surface area contributed by atoms with E-state index in [0.717, 1.165) is 10.0 Å². The second kappa shape index (κ2) is 5.54. The zero-order valence-corrected chi connectivity index (χ0v) is 9.32. The predicted octanol–water partition coefficient (Wildman–Crippen LogP) is 2.04. The van der Waals surface area contributed by atoms with Crippen molar-refractivity contribution < 1.29 is 9.53 Å². The highest BCUT2D eigenvalue weighted by molar-refractivity contribution is 9.10. The summed E-state index contributed by atoms with van der Waals surface area (Å²) < 4.78 is 5.44. The first-order chi connectivity index (χ1) is 6.72. The van der Waals surface area contributed by atoms with Gasteiger partial charge in [-0.3, -0.25) is 9.79 Å². The van der Waals surface area contributed by atoms with Gasteiger partial charge in [0.05, 0.1) is 7.11 Å². The van der Waals surface area contributed by atoms with E-state index in [4.69, 9.17) is 0 Å². The summed E-state index contributed by atoms with van der Waals surface area (Å²) in [6.07, 6.45) is 1.64. The van der Waals surface area contributed by atoms with Gasteiger partial charge in [-0.15, -0.1) is 0 Å². The molecular weight excluding hydrogens is 246 g/mol. The van der Waals surface area contributed by atoms with Gasteiger partial charge in [0.25, 0.3) is 0 Å². The van der Waals surface area contributed by atoms with Crippen molar-refractivity contribution in [2.45, 2.75) is 0 Å². The van der Waals surface area contributed by atoms with Crippen molar-refractivity contribution in [3.05, 3.63) is 34.3 Å². The normalized spacial score (nSPS) is 10.4. The quantitative estimate of drug-likeness (QED) is 0.613. The molecule has 0 aromatic heterocycles. The minimum Gasteiger partial charge on any atom is -0.468 e. The van der Waals surface area contributed by atoms with Gasteiger partial charge in [-0.05, 0) is 17.7 Å². The zero-order chi connectivity index (χ0) is 10.4. The van der Waals surface area contributed by atoms with E-state index in [2.05, 4.69) is 25.7 Å². The summed E-state index contributed by atoms with van der Waals surface area (Å²) in [5, 5.41) is 0. The molecule has 0 heterocycles. The molecule has 0 aliphatic heterocycles. The summed E-state index contributed by atoms with van der Waals surface area (Å²) in [5.41, 5.74) is 0.947. The SMILES string of the molecule is COC(=O)CN=Cc1cccc(Br)c1. The minimum atomic E-state index is -0.337. The fraction of sp³-hybridized carbons (Fsp3) is 0.200. The van der Waals surface area contributed by atoms with Gasteiger partial charge < -0.3 is 4.74 Å². The van der Waals surface area contributed by atoms with Crippen molar-refractivity contribution in [1.29, 1.82) is 0 Å². The number of hydrogen-bond acceptors (Lipinski definition) is 3. The second-order valence-corrected chi connectivity index (χ2v) is 3.52. The molecule has 0 aliphatic rings. The van der Waals surface area contributed by atoms with Crippen LogP contribution in [0, 0.1) is 0 Å². The highest BCUT2D eigenvalue weighted by atomic mass is 79.9. The Labute approximate surface area is 90.9 Å². The number of benzene rings is 1. The van der Waals surface area contributed by atoms with Crippen molar-refractivity contribution in [1.82, 2.24) is 0 Å². The Morgan fingerprint density at radius 3 is 3.07 bits per heavy atom. The summed E-state index contributed by atoms with van der Waals surface area (Å²) in [6, 6.07) is 7.66. The fourth-order valence-corrected chi connectivity index (χ4v) is 1.29. The number of esters is 1. The van der Waals surface area contributed by atoms with E-state index < -0.39 is 0 Å². The van der Waals surface area contributed by atoms with Gasteiger partial charge in [0, 0.05) is 10.7 Å². The van der Waals surface area contributed by atoms with Crippen LogP contribution in [0.2, 0.25) is 0 Å². The van der Waals surface area contributed by atoms with Gasteiger partial charge in [0.1, 0.15) is 6.54 Å². The number of carbonyl (C=O) groups is 1. The summed E-state index contributed by atoms with van der Waals surface area (Å²) in [5.74, 6) is -0.337. The van der Waals surface area contributed by atoms with E-state index in [9.17, 15) is 4.79 Å². The number of methoxy groups -OCH3 is 1. The minimum absolute atomic E-state index is 0.0585. The van der Waals surface area contributed by atoms with Crippen LogP contribution in [0.15, 0.2) is 33.7 Å². The van der Waals surface area contributed by atoms with Gasteiger partial charge in [0.15, 0.2) is 0 Å². The van der Waals surface area contributed by atoms with Gasteiger partial charge in [-0.2, -0.15) is 0 Å². The summed E-state index contributed by atoms with van der Waals surface area (Å²) in [7, 11) is 1.34. The molecule has 0 saturated heterocycles. The number of halogens is 1. The molecule has 4 heteroatoms. The molecule has 0 atom stereocenters. The maximum atomic E-state index is 10.7. The van der Waals surface area contributed by atoms with E-state index in [1.54, 1.807) is 6.21 Å². The first-order valence-corrected chi connectivity index (χ1v) is 4.84. The molecule has 1 aromatic carbocycles. The van der Waals surface area contributed by atoms with E-state index >= 15 is 0 Å². The number of carbonyl (C=O) groups excluding carboxylic acids is 1. The molecule has 74 valence electrons. The van der Waals surface area contributed by atoms with Gasteiger partial charge in [-0.25, -0.2) is 0 Å². The maximum Gasteiger partial charge on any atom is 0.327 e. The lowest BCUT2D eigenvalue weighted by Crippen LogP contribution is -2.04. The molecule has 14 heavy (non-hydrogen) atoms. The lowest BCUT2D eigenvalue weighted by molar-refractivity contribution is -0.138. The van der Waals surface area contributed by atoms with E-state index in [-0.39, 0.29) is 12.5 Å². The monoisotopic (exact) mass is 255 g/mol. The van der Waals surface area contributed by atoms with Gasteiger partial charge in [-0.1, -0.05) is 28.1 Å². The van der Waals surface area contributed by atoms with Crippen LogP contribution < -0.4 is 0 Å². The predicted molar refractivity (Wildman–Crippen MR) is 58.6 cm³/mol. The Morgan fingerprint density at radius 2 is 2.43 bits per heavy atom. The molecule has 3 nitrogen and oxygen atoms in total. The van der Waals surface area contributed by atoms with Crippen molar-refractivity contribution in [2.75, 3.05) is 13.7 Å². The van der Waals surface area contributed by atoms with Crippen LogP contribution in [0.25, 0.3) is 0 Å². The fourth-order valence-electron chi connectivity index (χ4n) is 0.877. The highest BCUT2D eigenvalue weighted by Gasteiger charge is 1.95. The number of hydrogen-bond donors (Lipinski definition) is 0. The number of rotatable bonds is 3. The Balaban J connectivity index is 2.56. The molecule has 0 saturated carbocycles. The molecule has 0 fully saturated rings. The molecule has 0 unspecified atom stereocenters. The first kappa shape index (κ1) is 10.9. The smallest absolute Gasteiger partial charge is 0.327 e. The largest absolute Gasteiger partial charge is 0.468 e. The molecular formula is C10H10BrNO2. The molecule has 0 amide bonds. The van der Waals surface area contributed by atoms with Crippen molar-refractivity contribution in [3.8, 4) is 0 Å². The summed E-state index contributed by atoms with van der Waals surface area (Å²) in [4.78, 5) is 14.7. The van der Waals surface area contributed by atoms with Crippen LogP contribution in [0.3, 0.4) is 0 Å². The highest BCUT2D eigenvalue weighted by Crippen LogP contribution is 2.09. The molecule has 0 aliphatic carbocycles. The molecule has 0 spiro atoms. The third kappa shape index (κ3) is 3.70. The Bertz CT molecular complexity index is 350. The Kier molecular flexibility index (Phi) is 4.32. The van der Waals surface area contributed by atoms with Gasteiger partial charge in [0.2, 0.25) is 0 Å². The standard InChI is InChI=1S/C10H10BrNO2/c1-14-10(13)7-12-6-8-3-2-4-9(11)5-8/h2-6H,7H2,1H3. The zero-order valence-electron chi connectivity index (χ0n) is 7.74. The third-order valence-electron chi connectivity index (χ3n) is 1.54. The Morgan fingerprint density at radius 1 is 1.64 bits per heavy atom. The van der Waals surface area contributed by atoms with Crippen molar-refractivity contribution >= 4 is 28.1 Å². The van der Waals surface area contributed by atoms with Crippen molar-refractivity contribution in [3.63, 3.8) is 0 Å². The maximum absolute atomic E-state index is 10.7. The second-order valence-electron chi connectivity index (χ2n) is 2.60. The average Bonchev–Trinajstić information content (AvgIpc) is 2.17. The molecule has 0 N–H and O–H groups in total. The lowest BCUT2D eigenvalue weighted by Gasteiger charge is -1.94. The Hall–Kier alpha value is -1.16. The van der Waals surface area contributed by atoms with Crippen LogP contribution in [-0.2, 0) is 9.53 Å². The van der Waals surface area contributed by atoms with E-state index in [1.807, 2.05) is 24.3 Å². The van der Waals surface area contributed by atoms with E-state index in [1.165, 1.54) is 7.11 Å². The van der Waals surface area contributed by atoms with Gasteiger partial charge >= 0.3 is 5.97 Å². The summed E-state index contributed by atoms with van der Waals surface area (Å²) >= 11 is 3.34. The van der Waals surface area contributed by atoms with Crippen LogP contribution in [0.5, 0.6) is 0 Å². The molecule has 1 aromatic rings. The lowest BCUT2D eigenvalue weighted by atomic mass is 10.2. The first-order valence-electron chi connectivity index (χ1n) is 4.04. The molecule has 0 radical (unpaired) electrons. The molecule has 1 rings (SSSR count). The topological polar surface area (TPSA) is 38.7 Å². The number of ether oxygens (including phenoxy) is 1. The third-order valence-corrected chi connectivity index (χ3v) is 2.03. The van der Waals surface area contributed by atoms with E-state index in [0.29, 0.717) is 0 Å². The number of nitrogens with zero attached hydrogens (tertiary/aromatic N) is 1. The summed E-state index contributed by atoms with van der Waals surface area (Å²) in [6.45, 7) is 0.0585. The van der Waals surface area contributed by atoms with Crippen molar-refractivity contribution in [2.24, 2.45) is 4.99 Å². The van der Waals surface area contributed by atoms with Crippen LogP contribution in [-0.4, -0.2) is 25.8 Å². The average molecular weight is 256 g/mol. The van der Waals surface area contributed by atoms with Crippen LogP contribution >= 0.6 is 15.9 Å². The number of aliphatic imine (C=N–C) groups is 1. The molecule has 0 bridgehead atoms.